The first-order chi connectivity index (χ1) is 9.58. The van der Waals surface area contributed by atoms with E-state index < -0.39 is 0 Å². The smallest absolute Gasteiger partial charge is 0.223 e. The van der Waals surface area contributed by atoms with Gasteiger partial charge in [-0.3, -0.25) is 9.78 Å². The Bertz CT molecular complexity index is 442. The molecule has 2 N–H and O–H groups in total. The van der Waals surface area contributed by atoms with Crippen molar-refractivity contribution in [1.29, 1.82) is 0 Å². The van der Waals surface area contributed by atoms with E-state index in [-0.39, 0.29) is 42.7 Å². The lowest BCUT2D eigenvalue weighted by atomic mass is 9.91. The monoisotopic (exact) mass is 347 g/mol. The summed E-state index contributed by atoms with van der Waals surface area (Å²) in [6.07, 6.45) is 6.34. The molecule has 3 unspecified atom stereocenters. The van der Waals surface area contributed by atoms with E-state index in [0.717, 1.165) is 25.9 Å². The van der Waals surface area contributed by atoms with Gasteiger partial charge < -0.3 is 10.6 Å². The third kappa shape index (κ3) is 5.75. The van der Waals surface area contributed by atoms with E-state index in [2.05, 4.69) is 11.9 Å². The van der Waals surface area contributed by atoms with E-state index in [1.54, 1.807) is 12.4 Å². The van der Waals surface area contributed by atoms with Crippen LogP contribution in [0.2, 0.25) is 0 Å². The van der Waals surface area contributed by atoms with Gasteiger partial charge in [0, 0.05) is 37.9 Å². The van der Waals surface area contributed by atoms with Gasteiger partial charge in [0.15, 0.2) is 0 Å². The molecular formula is C16H27Cl2N3O. The van der Waals surface area contributed by atoms with Crippen molar-refractivity contribution in [1.82, 2.24) is 9.88 Å². The average Bonchev–Trinajstić information content (AvgIpc) is 2.48. The van der Waals surface area contributed by atoms with Gasteiger partial charge in [0.1, 0.15) is 0 Å². The first-order valence-corrected chi connectivity index (χ1v) is 7.51. The second-order valence-corrected chi connectivity index (χ2v) is 5.99. The van der Waals surface area contributed by atoms with Gasteiger partial charge in [-0.25, -0.2) is 0 Å². The van der Waals surface area contributed by atoms with Crippen LogP contribution < -0.4 is 5.73 Å². The van der Waals surface area contributed by atoms with Gasteiger partial charge in [0.25, 0.3) is 0 Å². The minimum Gasteiger partial charge on any atom is -0.342 e. The van der Waals surface area contributed by atoms with Crippen molar-refractivity contribution in [3.63, 3.8) is 0 Å². The number of piperidine rings is 1. The number of pyridine rings is 1. The first kappa shape index (κ1) is 21.2. The van der Waals surface area contributed by atoms with E-state index in [4.69, 9.17) is 5.73 Å². The predicted octanol–water partition coefficient (Wildman–Crippen LogP) is 3.00. The molecule has 0 aliphatic carbocycles. The van der Waals surface area contributed by atoms with Crippen LogP contribution in [0.15, 0.2) is 24.5 Å². The van der Waals surface area contributed by atoms with Crippen molar-refractivity contribution in [3.8, 4) is 0 Å². The normalized spacial score (nSPS) is 20.3. The highest BCUT2D eigenvalue weighted by Gasteiger charge is 2.26. The third-order valence-corrected chi connectivity index (χ3v) is 4.31. The Morgan fingerprint density at radius 1 is 1.36 bits per heavy atom. The van der Waals surface area contributed by atoms with Crippen molar-refractivity contribution in [3.05, 3.63) is 30.1 Å². The van der Waals surface area contributed by atoms with Gasteiger partial charge in [-0.1, -0.05) is 6.92 Å². The molecule has 4 nitrogen and oxygen atoms in total. The summed E-state index contributed by atoms with van der Waals surface area (Å²) in [6.45, 7) is 5.84. The lowest BCUT2D eigenvalue weighted by molar-refractivity contribution is -0.133. The molecule has 0 radical (unpaired) electrons. The molecule has 1 aromatic heterocycles. The van der Waals surface area contributed by atoms with Gasteiger partial charge in [0.05, 0.1) is 0 Å². The molecule has 2 heterocycles. The summed E-state index contributed by atoms with van der Waals surface area (Å²) in [5.74, 6) is 0.935. The van der Waals surface area contributed by atoms with E-state index >= 15 is 0 Å². The van der Waals surface area contributed by atoms with Crippen LogP contribution in [-0.4, -0.2) is 34.9 Å². The second kappa shape index (κ2) is 10.0. The second-order valence-electron chi connectivity index (χ2n) is 5.99. The van der Waals surface area contributed by atoms with Crippen molar-refractivity contribution < 1.29 is 4.79 Å². The number of rotatable bonds is 4. The van der Waals surface area contributed by atoms with Crippen LogP contribution in [0.4, 0.5) is 0 Å². The molecule has 1 aliphatic rings. The van der Waals surface area contributed by atoms with Crippen LogP contribution in [0.1, 0.15) is 44.6 Å². The lowest BCUT2D eigenvalue weighted by Gasteiger charge is -2.35. The highest BCUT2D eigenvalue weighted by molar-refractivity contribution is 5.85. The number of amides is 1. The zero-order valence-corrected chi connectivity index (χ0v) is 14.9. The molecule has 3 atom stereocenters. The SMILES string of the molecule is CC(CC(=O)N1CCCC(C(C)N)C1)c1ccncc1.Cl.Cl. The molecule has 1 aromatic rings. The Kier molecular flexibility index (Phi) is 9.65. The van der Waals surface area contributed by atoms with E-state index in [0.29, 0.717) is 12.3 Å². The van der Waals surface area contributed by atoms with E-state index in [1.165, 1.54) is 5.56 Å². The van der Waals surface area contributed by atoms with Crippen molar-refractivity contribution in [2.45, 2.75) is 45.1 Å². The molecule has 0 spiro atoms. The molecule has 6 heteroatoms. The number of hydrogen-bond acceptors (Lipinski definition) is 3. The zero-order chi connectivity index (χ0) is 14.5. The minimum atomic E-state index is 0. The fourth-order valence-corrected chi connectivity index (χ4v) is 2.87. The summed E-state index contributed by atoms with van der Waals surface area (Å²) in [5, 5.41) is 0. The topological polar surface area (TPSA) is 59.2 Å². The summed E-state index contributed by atoms with van der Waals surface area (Å²) in [5.41, 5.74) is 7.15. The minimum absolute atomic E-state index is 0. The molecule has 0 aromatic carbocycles. The Labute approximate surface area is 145 Å². The Hall–Kier alpha value is -0.840. The van der Waals surface area contributed by atoms with Gasteiger partial charge in [0.2, 0.25) is 5.91 Å². The number of nitrogens with two attached hydrogens (primary N) is 1. The number of halogens is 2. The van der Waals surface area contributed by atoms with Gasteiger partial charge in [-0.2, -0.15) is 0 Å². The molecule has 1 aliphatic heterocycles. The summed E-state index contributed by atoms with van der Waals surface area (Å²) < 4.78 is 0. The third-order valence-electron chi connectivity index (χ3n) is 4.31. The van der Waals surface area contributed by atoms with Crippen LogP contribution in [0.3, 0.4) is 0 Å². The molecule has 2 rings (SSSR count). The van der Waals surface area contributed by atoms with Crippen LogP contribution in [0, 0.1) is 5.92 Å². The Morgan fingerprint density at radius 2 is 2.00 bits per heavy atom. The summed E-state index contributed by atoms with van der Waals surface area (Å²) >= 11 is 0. The van der Waals surface area contributed by atoms with Gasteiger partial charge in [-0.15, -0.1) is 24.8 Å². The fourth-order valence-electron chi connectivity index (χ4n) is 2.87. The van der Waals surface area contributed by atoms with Crippen molar-refractivity contribution in [2.75, 3.05) is 13.1 Å². The Morgan fingerprint density at radius 3 is 2.59 bits per heavy atom. The summed E-state index contributed by atoms with van der Waals surface area (Å²) in [4.78, 5) is 18.4. The Balaban J connectivity index is 0.00000220. The molecule has 0 saturated carbocycles. The molecular weight excluding hydrogens is 321 g/mol. The largest absolute Gasteiger partial charge is 0.342 e. The first-order valence-electron chi connectivity index (χ1n) is 7.51. The zero-order valence-electron chi connectivity index (χ0n) is 13.3. The highest BCUT2D eigenvalue weighted by atomic mass is 35.5. The quantitative estimate of drug-likeness (QED) is 0.910. The molecule has 1 saturated heterocycles. The van der Waals surface area contributed by atoms with Crippen molar-refractivity contribution >= 4 is 30.7 Å². The molecule has 22 heavy (non-hydrogen) atoms. The lowest BCUT2D eigenvalue weighted by Crippen LogP contribution is -2.45. The van der Waals surface area contributed by atoms with Gasteiger partial charge >= 0.3 is 0 Å². The predicted molar refractivity (Wildman–Crippen MR) is 94.7 cm³/mol. The van der Waals surface area contributed by atoms with Crippen LogP contribution >= 0.6 is 24.8 Å². The summed E-state index contributed by atoms with van der Waals surface area (Å²) in [6, 6.07) is 4.14. The maximum absolute atomic E-state index is 12.4. The highest BCUT2D eigenvalue weighted by Crippen LogP contribution is 2.23. The van der Waals surface area contributed by atoms with Crippen LogP contribution in [-0.2, 0) is 4.79 Å². The summed E-state index contributed by atoms with van der Waals surface area (Å²) in [7, 11) is 0. The molecule has 126 valence electrons. The number of carbonyl (C=O) groups excluding carboxylic acids is 1. The maximum Gasteiger partial charge on any atom is 0.223 e. The van der Waals surface area contributed by atoms with Crippen LogP contribution in [0.5, 0.6) is 0 Å². The number of hydrogen-bond donors (Lipinski definition) is 1. The number of nitrogens with zero attached hydrogens (tertiary/aromatic N) is 2. The standard InChI is InChI=1S/C16H25N3O.2ClH/c1-12(14-5-7-18-8-6-14)10-16(20)19-9-3-4-15(11-19)13(2)17;;/h5-8,12-13,15H,3-4,9-11,17H2,1-2H3;2*1H. The average molecular weight is 348 g/mol. The molecule has 1 amide bonds. The van der Waals surface area contributed by atoms with Crippen molar-refractivity contribution in [2.24, 2.45) is 11.7 Å². The van der Waals surface area contributed by atoms with E-state index in [9.17, 15) is 4.79 Å². The van der Waals surface area contributed by atoms with Crippen LogP contribution in [0.25, 0.3) is 0 Å². The van der Waals surface area contributed by atoms with Gasteiger partial charge in [-0.05, 0) is 49.3 Å². The number of carbonyl (C=O) groups is 1. The molecule has 1 fully saturated rings. The maximum atomic E-state index is 12.4. The number of aromatic nitrogens is 1. The van der Waals surface area contributed by atoms with E-state index in [1.807, 2.05) is 24.0 Å². The number of likely N-dealkylation sites (tertiary alicyclic amines) is 1. The fraction of sp³-hybridized carbons (Fsp3) is 0.625. The molecule has 0 bridgehead atoms.